The van der Waals surface area contributed by atoms with Crippen LogP contribution in [0.25, 0.3) is 0 Å². The minimum absolute atomic E-state index is 0.134. The first-order chi connectivity index (χ1) is 14.2. The van der Waals surface area contributed by atoms with E-state index in [0.29, 0.717) is 22.9 Å². The molecule has 1 fully saturated rings. The molecule has 0 radical (unpaired) electrons. The monoisotopic (exact) mass is 457 g/mol. The van der Waals surface area contributed by atoms with E-state index in [-0.39, 0.29) is 12.1 Å². The average molecular weight is 458 g/mol. The molecule has 2 N–H and O–H groups in total. The molecule has 1 heterocycles. The summed E-state index contributed by atoms with van der Waals surface area (Å²) in [6.07, 6.45) is 4.09. The molecule has 7 heteroatoms. The van der Waals surface area contributed by atoms with Crippen LogP contribution in [0.4, 0.5) is 0 Å². The number of halogens is 2. The molecule has 1 aromatic rings. The normalized spacial score (nSPS) is 17.8. The fraction of sp³-hybridized carbons (Fsp3) is 0.696. The van der Waals surface area contributed by atoms with Crippen LogP contribution in [0.3, 0.4) is 0 Å². The van der Waals surface area contributed by atoms with E-state index >= 15 is 0 Å². The van der Waals surface area contributed by atoms with Gasteiger partial charge in [-0.1, -0.05) is 49.0 Å². The molecule has 1 atom stereocenters. The van der Waals surface area contributed by atoms with Gasteiger partial charge in [-0.3, -0.25) is 9.69 Å². The van der Waals surface area contributed by atoms with Gasteiger partial charge in [0.05, 0.1) is 16.1 Å². The number of ether oxygens (including phenoxy) is 1. The maximum Gasteiger partial charge on any atom is 0.326 e. The van der Waals surface area contributed by atoms with Gasteiger partial charge in [-0.15, -0.1) is 0 Å². The molecule has 0 bridgehead atoms. The van der Waals surface area contributed by atoms with Gasteiger partial charge in [-0.05, 0) is 57.4 Å². The Hall–Kier alpha value is -0.850. The summed E-state index contributed by atoms with van der Waals surface area (Å²) in [4.78, 5) is 17.4. The zero-order valence-electron chi connectivity index (χ0n) is 18.6. The molecular formula is C23H37Cl2N3O2. The van der Waals surface area contributed by atoms with Gasteiger partial charge in [0.2, 0.25) is 0 Å². The summed E-state index contributed by atoms with van der Waals surface area (Å²) in [7, 11) is 0. The number of nitrogens with zero attached hydrogens (tertiary/aromatic N) is 2. The zero-order valence-corrected chi connectivity index (χ0v) is 20.1. The minimum Gasteiger partial charge on any atom is -0.462 e. The first-order valence-corrected chi connectivity index (χ1v) is 11.9. The van der Waals surface area contributed by atoms with Crippen molar-refractivity contribution in [3.05, 3.63) is 33.8 Å². The number of nitrogens with two attached hydrogens (primary N) is 1. The topological polar surface area (TPSA) is 58.8 Å². The number of unbranched alkanes of at least 4 members (excludes halogenated alkanes) is 1. The standard InChI is InChI=1S/C23H37Cl2N3O2/c1-4-5-9-23(26,22(29)30-18(2)3)10-6-11-27-12-14-28(15-13-27)17-19-7-8-20(24)21(25)16-19/h7-8,16,18H,4-6,9-15,17,26H2,1-3H3. The summed E-state index contributed by atoms with van der Waals surface area (Å²) < 4.78 is 5.44. The summed E-state index contributed by atoms with van der Waals surface area (Å²) in [6, 6.07) is 5.84. The van der Waals surface area contributed by atoms with Crippen molar-refractivity contribution < 1.29 is 9.53 Å². The average Bonchev–Trinajstić information content (AvgIpc) is 2.70. The number of carbonyl (C=O) groups excluding carboxylic acids is 1. The molecule has 1 unspecified atom stereocenters. The lowest BCUT2D eigenvalue weighted by Crippen LogP contribution is -2.51. The van der Waals surface area contributed by atoms with E-state index in [1.807, 2.05) is 32.0 Å². The van der Waals surface area contributed by atoms with Crippen LogP contribution in [-0.4, -0.2) is 60.1 Å². The van der Waals surface area contributed by atoms with Crippen LogP contribution < -0.4 is 5.73 Å². The SMILES string of the molecule is CCCCC(N)(CCCN1CCN(Cc2ccc(Cl)c(Cl)c2)CC1)C(=O)OC(C)C. The predicted octanol–water partition coefficient (Wildman–Crippen LogP) is 4.73. The quantitative estimate of drug-likeness (QED) is 0.486. The second kappa shape index (κ2) is 12.3. The minimum atomic E-state index is -0.865. The van der Waals surface area contributed by atoms with Gasteiger partial charge >= 0.3 is 5.97 Å². The molecule has 5 nitrogen and oxygen atoms in total. The van der Waals surface area contributed by atoms with Gasteiger partial charge in [-0.2, -0.15) is 0 Å². The molecule has 170 valence electrons. The Balaban J connectivity index is 1.76. The molecule has 0 spiro atoms. The van der Waals surface area contributed by atoms with Crippen LogP contribution in [0.15, 0.2) is 18.2 Å². The van der Waals surface area contributed by atoms with E-state index in [1.54, 1.807) is 0 Å². The molecule has 0 amide bonds. The molecule has 0 aromatic heterocycles. The summed E-state index contributed by atoms with van der Waals surface area (Å²) >= 11 is 12.1. The first-order valence-electron chi connectivity index (χ1n) is 11.1. The second-order valence-corrected chi connectivity index (χ2v) is 9.50. The smallest absolute Gasteiger partial charge is 0.326 e. The molecule has 1 aromatic carbocycles. The van der Waals surface area contributed by atoms with Crippen molar-refractivity contribution in [1.82, 2.24) is 9.80 Å². The number of piperazine rings is 1. The Labute approximate surface area is 191 Å². The Bertz CT molecular complexity index is 678. The van der Waals surface area contributed by atoms with Crippen LogP contribution in [0, 0.1) is 0 Å². The maximum absolute atomic E-state index is 12.5. The van der Waals surface area contributed by atoms with Crippen molar-refractivity contribution in [3.63, 3.8) is 0 Å². The number of rotatable bonds is 11. The molecule has 2 rings (SSSR count). The number of hydrogen-bond donors (Lipinski definition) is 1. The highest BCUT2D eigenvalue weighted by Gasteiger charge is 2.35. The van der Waals surface area contributed by atoms with Crippen molar-refractivity contribution >= 4 is 29.2 Å². The number of benzene rings is 1. The first kappa shape index (κ1) is 25.4. The van der Waals surface area contributed by atoms with Crippen LogP contribution in [-0.2, 0) is 16.1 Å². The Morgan fingerprint density at radius 3 is 2.33 bits per heavy atom. The van der Waals surface area contributed by atoms with Crippen molar-refractivity contribution in [3.8, 4) is 0 Å². The van der Waals surface area contributed by atoms with Crippen molar-refractivity contribution in [2.24, 2.45) is 5.73 Å². The van der Waals surface area contributed by atoms with E-state index in [4.69, 9.17) is 33.7 Å². The molecule has 0 saturated carbocycles. The van der Waals surface area contributed by atoms with Crippen molar-refractivity contribution in [1.29, 1.82) is 0 Å². The van der Waals surface area contributed by atoms with Crippen LogP contribution in [0.5, 0.6) is 0 Å². The summed E-state index contributed by atoms with van der Waals surface area (Å²) in [5.41, 5.74) is 6.82. The van der Waals surface area contributed by atoms with E-state index < -0.39 is 5.54 Å². The van der Waals surface area contributed by atoms with Gasteiger partial charge in [0, 0.05) is 32.7 Å². The summed E-state index contributed by atoms with van der Waals surface area (Å²) in [6.45, 7) is 11.8. The van der Waals surface area contributed by atoms with Gasteiger partial charge < -0.3 is 15.4 Å². The highest BCUT2D eigenvalue weighted by atomic mass is 35.5. The fourth-order valence-electron chi connectivity index (χ4n) is 3.84. The van der Waals surface area contributed by atoms with Crippen molar-refractivity contribution in [2.45, 2.75) is 71.1 Å². The Kier molecular flexibility index (Phi) is 10.4. The third kappa shape index (κ3) is 8.01. The number of carbonyl (C=O) groups is 1. The fourth-order valence-corrected chi connectivity index (χ4v) is 4.16. The lowest BCUT2D eigenvalue weighted by molar-refractivity contribution is -0.154. The van der Waals surface area contributed by atoms with Gasteiger partial charge in [0.25, 0.3) is 0 Å². The molecule has 1 saturated heterocycles. The van der Waals surface area contributed by atoms with Gasteiger partial charge in [0.1, 0.15) is 5.54 Å². The van der Waals surface area contributed by atoms with Crippen LogP contribution in [0.2, 0.25) is 10.0 Å². The molecular weight excluding hydrogens is 421 g/mol. The highest BCUT2D eigenvalue weighted by Crippen LogP contribution is 2.24. The predicted molar refractivity (Wildman–Crippen MR) is 125 cm³/mol. The van der Waals surface area contributed by atoms with E-state index in [1.165, 1.54) is 5.56 Å². The van der Waals surface area contributed by atoms with Crippen molar-refractivity contribution in [2.75, 3.05) is 32.7 Å². The van der Waals surface area contributed by atoms with Gasteiger partial charge in [0.15, 0.2) is 0 Å². The van der Waals surface area contributed by atoms with E-state index in [2.05, 4.69) is 16.7 Å². The maximum atomic E-state index is 12.5. The van der Waals surface area contributed by atoms with E-state index in [9.17, 15) is 4.79 Å². The number of esters is 1. The number of hydrogen-bond acceptors (Lipinski definition) is 5. The molecule has 1 aliphatic rings. The third-order valence-corrected chi connectivity index (χ3v) is 6.42. The lowest BCUT2D eigenvalue weighted by atomic mass is 9.88. The van der Waals surface area contributed by atoms with Gasteiger partial charge in [-0.25, -0.2) is 0 Å². The molecule has 1 aliphatic heterocycles. The van der Waals surface area contributed by atoms with E-state index in [0.717, 1.165) is 58.5 Å². The second-order valence-electron chi connectivity index (χ2n) is 8.68. The summed E-state index contributed by atoms with van der Waals surface area (Å²) in [5.74, 6) is -0.252. The van der Waals surface area contributed by atoms with Crippen LogP contribution in [0.1, 0.15) is 58.4 Å². The molecule has 0 aliphatic carbocycles. The Morgan fingerprint density at radius 2 is 1.73 bits per heavy atom. The lowest BCUT2D eigenvalue weighted by Gasteiger charge is -2.35. The third-order valence-electron chi connectivity index (χ3n) is 5.68. The summed E-state index contributed by atoms with van der Waals surface area (Å²) in [5, 5.41) is 1.20. The Morgan fingerprint density at radius 1 is 1.10 bits per heavy atom. The molecule has 30 heavy (non-hydrogen) atoms. The largest absolute Gasteiger partial charge is 0.462 e. The van der Waals surface area contributed by atoms with Crippen LogP contribution >= 0.6 is 23.2 Å². The zero-order chi connectivity index (χ0) is 22.1. The highest BCUT2D eigenvalue weighted by molar-refractivity contribution is 6.42.